The number of hydrogen-bond donors (Lipinski definition) is 0. The molecule has 0 spiro atoms. The number of aromatic nitrogens is 2. The van der Waals surface area contributed by atoms with Crippen molar-refractivity contribution in [3.8, 4) is 0 Å². The minimum atomic E-state index is 0.596. The van der Waals surface area contributed by atoms with Crippen LogP contribution in [0.4, 0.5) is 0 Å². The third-order valence-corrected chi connectivity index (χ3v) is 5.31. The van der Waals surface area contributed by atoms with Crippen LogP contribution in [0, 0.1) is 0 Å². The van der Waals surface area contributed by atoms with Crippen LogP contribution in [0.2, 0.25) is 0 Å². The summed E-state index contributed by atoms with van der Waals surface area (Å²) in [5.41, 5.74) is 0. The molecule has 0 amide bonds. The van der Waals surface area contributed by atoms with Crippen LogP contribution in [0.25, 0.3) is 0 Å². The van der Waals surface area contributed by atoms with Crippen molar-refractivity contribution >= 4 is 11.3 Å². The zero-order chi connectivity index (χ0) is 14.7. The van der Waals surface area contributed by atoms with E-state index in [0.717, 1.165) is 25.5 Å². The molecule has 1 aliphatic heterocycles. The molecule has 4 nitrogen and oxygen atoms in total. The summed E-state index contributed by atoms with van der Waals surface area (Å²) >= 11 is 1.87. The summed E-state index contributed by atoms with van der Waals surface area (Å²) in [6.07, 6.45) is 5.10. The van der Waals surface area contributed by atoms with Crippen molar-refractivity contribution in [3.63, 3.8) is 0 Å². The molecule has 3 rings (SSSR count). The van der Waals surface area contributed by atoms with E-state index in [4.69, 9.17) is 0 Å². The number of nitrogens with zero attached hydrogens (tertiary/aromatic N) is 4. The van der Waals surface area contributed by atoms with Gasteiger partial charge in [-0.3, -0.25) is 4.90 Å². The molecule has 2 aromatic heterocycles. The van der Waals surface area contributed by atoms with E-state index < -0.39 is 0 Å². The molecule has 0 bridgehead atoms. The fourth-order valence-electron chi connectivity index (χ4n) is 2.96. The van der Waals surface area contributed by atoms with E-state index in [-0.39, 0.29) is 0 Å². The number of thiophene rings is 1. The minimum Gasteiger partial charge on any atom is -0.337 e. The van der Waals surface area contributed by atoms with Crippen molar-refractivity contribution in [2.75, 3.05) is 26.2 Å². The molecule has 2 aromatic rings. The van der Waals surface area contributed by atoms with Crippen LogP contribution in [0.15, 0.2) is 29.9 Å². The lowest BCUT2D eigenvalue weighted by molar-refractivity contribution is 0.0759. The monoisotopic (exact) mass is 304 g/mol. The van der Waals surface area contributed by atoms with Crippen LogP contribution in [0.5, 0.6) is 0 Å². The lowest BCUT2D eigenvalue weighted by atomic mass is 10.1. The standard InChI is InChI=1S/C16H24N4S/c1-14-12-19(7-5-15-4-3-11-21-15)9-10-20(14)13-16-17-6-8-18(16)2/h3-4,6,8,11,14H,5,7,9-10,12-13H2,1-2H3. The van der Waals surface area contributed by atoms with Gasteiger partial charge in [0.2, 0.25) is 0 Å². The third-order valence-electron chi connectivity index (χ3n) is 4.37. The van der Waals surface area contributed by atoms with Gasteiger partial charge in [-0.15, -0.1) is 11.3 Å². The van der Waals surface area contributed by atoms with E-state index in [0.29, 0.717) is 6.04 Å². The maximum atomic E-state index is 4.44. The first kappa shape index (κ1) is 14.8. The van der Waals surface area contributed by atoms with Crippen molar-refractivity contribution in [1.29, 1.82) is 0 Å². The number of imidazole rings is 1. The van der Waals surface area contributed by atoms with Gasteiger partial charge in [-0.25, -0.2) is 4.98 Å². The molecule has 0 aromatic carbocycles. The SMILES string of the molecule is CC1CN(CCc2cccs2)CCN1Cc1nccn1C. The maximum Gasteiger partial charge on any atom is 0.122 e. The molecular formula is C16H24N4S. The zero-order valence-corrected chi connectivity index (χ0v) is 13.7. The van der Waals surface area contributed by atoms with Gasteiger partial charge in [-0.05, 0) is 24.8 Å². The first-order valence-corrected chi connectivity index (χ1v) is 8.55. The predicted molar refractivity (Wildman–Crippen MR) is 87.5 cm³/mol. The van der Waals surface area contributed by atoms with E-state index in [1.807, 2.05) is 23.7 Å². The molecule has 1 fully saturated rings. The number of piperazine rings is 1. The van der Waals surface area contributed by atoms with Gasteiger partial charge >= 0.3 is 0 Å². The summed E-state index contributed by atoms with van der Waals surface area (Å²) in [5, 5.41) is 2.17. The highest BCUT2D eigenvalue weighted by Crippen LogP contribution is 2.15. The van der Waals surface area contributed by atoms with Crippen LogP contribution < -0.4 is 0 Å². The highest BCUT2D eigenvalue weighted by atomic mass is 32.1. The Balaban J connectivity index is 1.48. The average molecular weight is 304 g/mol. The molecule has 5 heteroatoms. The molecule has 21 heavy (non-hydrogen) atoms. The van der Waals surface area contributed by atoms with E-state index in [2.05, 4.69) is 50.8 Å². The second kappa shape index (κ2) is 6.73. The Bertz CT molecular complexity index is 548. The number of rotatable bonds is 5. The van der Waals surface area contributed by atoms with Crippen LogP contribution >= 0.6 is 11.3 Å². The molecule has 0 aliphatic carbocycles. The fourth-order valence-corrected chi connectivity index (χ4v) is 3.66. The van der Waals surface area contributed by atoms with Gasteiger partial charge in [0, 0.05) is 56.5 Å². The molecule has 1 atom stereocenters. The Labute approximate surface area is 131 Å². The molecule has 114 valence electrons. The molecule has 0 saturated carbocycles. The second-order valence-electron chi connectivity index (χ2n) is 5.90. The fraction of sp³-hybridized carbons (Fsp3) is 0.562. The lowest BCUT2D eigenvalue weighted by Crippen LogP contribution is -2.51. The molecule has 1 unspecified atom stereocenters. The topological polar surface area (TPSA) is 24.3 Å². The first-order chi connectivity index (χ1) is 10.2. The van der Waals surface area contributed by atoms with Gasteiger partial charge in [0.25, 0.3) is 0 Å². The Morgan fingerprint density at radius 3 is 2.95 bits per heavy atom. The Kier molecular flexibility index (Phi) is 4.73. The molecule has 0 radical (unpaired) electrons. The Morgan fingerprint density at radius 2 is 2.29 bits per heavy atom. The quantitative estimate of drug-likeness (QED) is 0.846. The minimum absolute atomic E-state index is 0.596. The number of hydrogen-bond acceptors (Lipinski definition) is 4. The van der Waals surface area contributed by atoms with Gasteiger partial charge in [0.15, 0.2) is 0 Å². The lowest BCUT2D eigenvalue weighted by Gasteiger charge is -2.39. The second-order valence-corrected chi connectivity index (χ2v) is 6.94. The van der Waals surface area contributed by atoms with Gasteiger partial charge in [0.1, 0.15) is 5.82 Å². The van der Waals surface area contributed by atoms with E-state index in [1.54, 1.807) is 0 Å². The number of aryl methyl sites for hydroxylation is 1. The summed E-state index contributed by atoms with van der Waals surface area (Å²) in [6, 6.07) is 4.98. The van der Waals surface area contributed by atoms with E-state index in [1.165, 1.54) is 24.4 Å². The largest absolute Gasteiger partial charge is 0.337 e. The van der Waals surface area contributed by atoms with Crippen LogP contribution in [-0.2, 0) is 20.0 Å². The molecule has 0 N–H and O–H groups in total. The molecule has 3 heterocycles. The summed E-state index contributed by atoms with van der Waals surface area (Å²) in [4.78, 5) is 11.1. The van der Waals surface area contributed by atoms with Gasteiger partial charge < -0.3 is 9.47 Å². The van der Waals surface area contributed by atoms with Crippen molar-refractivity contribution in [2.24, 2.45) is 7.05 Å². The van der Waals surface area contributed by atoms with Crippen molar-refractivity contribution in [3.05, 3.63) is 40.6 Å². The maximum absolute atomic E-state index is 4.44. The average Bonchev–Trinajstić information content (AvgIpc) is 3.12. The van der Waals surface area contributed by atoms with Gasteiger partial charge in [-0.1, -0.05) is 6.07 Å². The van der Waals surface area contributed by atoms with Crippen LogP contribution in [0.1, 0.15) is 17.6 Å². The van der Waals surface area contributed by atoms with Crippen LogP contribution in [0.3, 0.4) is 0 Å². The normalized spacial score (nSPS) is 21.0. The van der Waals surface area contributed by atoms with Crippen LogP contribution in [-0.4, -0.2) is 51.6 Å². The van der Waals surface area contributed by atoms with Gasteiger partial charge in [-0.2, -0.15) is 0 Å². The predicted octanol–water partition coefficient (Wildman–Crippen LogP) is 2.23. The van der Waals surface area contributed by atoms with Crippen molar-refractivity contribution in [2.45, 2.75) is 25.9 Å². The Morgan fingerprint density at radius 1 is 1.38 bits per heavy atom. The van der Waals surface area contributed by atoms with Gasteiger partial charge in [0.05, 0.1) is 6.54 Å². The summed E-state index contributed by atoms with van der Waals surface area (Å²) in [5.74, 6) is 1.16. The van der Waals surface area contributed by atoms with E-state index >= 15 is 0 Å². The molecule has 1 aliphatic rings. The summed E-state index contributed by atoms with van der Waals surface area (Å²) in [7, 11) is 2.07. The first-order valence-electron chi connectivity index (χ1n) is 7.67. The highest BCUT2D eigenvalue weighted by molar-refractivity contribution is 7.09. The summed E-state index contributed by atoms with van der Waals surface area (Å²) in [6.45, 7) is 7.94. The Hall–Kier alpha value is -1.17. The summed E-state index contributed by atoms with van der Waals surface area (Å²) < 4.78 is 2.12. The highest BCUT2D eigenvalue weighted by Gasteiger charge is 2.24. The van der Waals surface area contributed by atoms with E-state index in [9.17, 15) is 0 Å². The van der Waals surface area contributed by atoms with Crippen molar-refractivity contribution in [1.82, 2.24) is 19.4 Å². The zero-order valence-electron chi connectivity index (χ0n) is 12.9. The molecule has 1 saturated heterocycles. The third kappa shape index (κ3) is 3.73. The smallest absolute Gasteiger partial charge is 0.122 e. The molecular weight excluding hydrogens is 280 g/mol. The van der Waals surface area contributed by atoms with Crippen molar-refractivity contribution < 1.29 is 0 Å².